The molecule has 11 rings (SSSR count). The summed E-state index contributed by atoms with van der Waals surface area (Å²) in [5.74, 6) is 0. The molecule has 0 saturated carbocycles. The van der Waals surface area contributed by atoms with E-state index < -0.39 is 12.0 Å². The molecule has 1 fully saturated rings. The average molecular weight is 888 g/mol. The van der Waals surface area contributed by atoms with E-state index in [4.69, 9.17) is 18.1 Å². The highest BCUT2D eigenvalue weighted by Gasteiger charge is 2.52. The van der Waals surface area contributed by atoms with E-state index in [9.17, 15) is 20.2 Å². The van der Waals surface area contributed by atoms with Crippen molar-refractivity contribution in [3.63, 3.8) is 0 Å². The summed E-state index contributed by atoms with van der Waals surface area (Å²) in [5, 5.41) is 27.5. The third kappa shape index (κ3) is 7.11. The van der Waals surface area contributed by atoms with E-state index >= 15 is 0 Å². The highest BCUT2D eigenvalue weighted by Crippen LogP contribution is 2.42. The molecule has 0 spiro atoms. The van der Waals surface area contributed by atoms with Gasteiger partial charge in [-0.15, -0.1) is 0 Å². The fourth-order valence-corrected chi connectivity index (χ4v) is 8.13. The Morgan fingerprint density at radius 1 is 0.532 bits per heavy atom. The first-order valence-electron chi connectivity index (χ1n) is 19.7. The molecule has 6 aromatic carbocycles. The molecule has 1 aliphatic rings. The molecule has 0 atom stereocenters. The van der Waals surface area contributed by atoms with Crippen molar-refractivity contribution >= 4 is 106 Å². The minimum absolute atomic E-state index is 0.0739. The molecular formula is C48H36BBrN4O8. The van der Waals surface area contributed by atoms with Crippen molar-refractivity contribution in [3.05, 3.63) is 171 Å². The second kappa shape index (κ2) is 15.8. The van der Waals surface area contributed by atoms with Crippen molar-refractivity contribution in [2.45, 2.75) is 38.9 Å². The number of benzene rings is 6. The van der Waals surface area contributed by atoms with Crippen LogP contribution >= 0.6 is 15.9 Å². The maximum absolute atomic E-state index is 11.5. The van der Waals surface area contributed by atoms with Crippen LogP contribution in [0.5, 0.6) is 0 Å². The lowest BCUT2D eigenvalue weighted by Crippen LogP contribution is -2.41. The van der Waals surface area contributed by atoms with E-state index in [0.717, 1.165) is 65.6 Å². The van der Waals surface area contributed by atoms with Crippen molar-refractivity contribution in [1.82, 2.24) is 9.97 Å². The van der Waals surface area contributed by atoms with Crippen molar-refractivity contribution in [1.29, 1.82) is 0 Å². The van der Waals surface area contributed by atoms with E-state index in [-0.39, 0.29) is 27.5 Å². The number of para-hydroxylation sites is 4. The zero-order valence-corrected chi connectivity index (χ0v) is 35.5. The molecule has 12 nitrogen and oxygen atoms in total. The van der Waals surface area contributed by atoms with Gasteiger partial charge in [-0.2, -0.15) is 0 Å². The first-order chi connectivity index (χ1) is 29.8. The number of hydrogen-bond donors (Lipinski definition) is 0. The number of hydrogen-bond acceptors (Lipinski definition) is 10. The molecule has 0 aliphatic carbocycles. The zero-order chi connectivity index (χ0) is 43.3. The molecule has 306 valence electrons. The lowest BCUT2D eigenvalue weighted by atomic mass is 9.76. The van der Waals surface area contributed by atoms with E-state index in [1.807, 2.05) is 72.8 Å². The smallest absolute Gasteiger partial charge is 0.454 e. The van der Waals surface area contributed by atoms with Gasteiger partial charge in [0.1, 0.15) is 22.2 Å². The summed E-state index contributed by atoms with van der Waals surface area (Å²) >= 11 is 3.06. The lowest BCUT2D eigenvalue weighted by molar-refractivity contribution is -0.385. The van der Waals surface area contributed by atoms with Gasteiger partial charge in [0, 0.05) is 56.8 Å². The SMILES string of the molecule is CC1(C)OB(c2cc3c4ccccc4oc3c3ncccc23)OC1(C)C.O=[N+]([O-])c1ccccc1-c1cc2c3ccccc3oc2c2ncccc12.O=[N+]([O-])c1ccccc1Br. The number of nitrogens with zero attached hydrogens (tertiary/aromatic N) is 4. The standard InChI is InChI=1S/C21H20BNO3.C21H12N2O3.C6H4BrNO2/c1-20(2)21(3,4)26-22(25-20)16-12-15-13-8-5-6-10-17(13)24-19(15)18-14(16)9-7-11-23-18;24-23(25)18-9-3-1-6-13(18)16-12-17-14-7-2-4-10-19(14)26-21(17)20-15(16)8-5-11-22-20;7-5-3-1-2-4-6(5)8(9)10/h5-12H,1-4H3;1-12H;1-4H. The Bertz CT molecular complexity index is 3370. The minimum atomic E-state index is -0.440. The Kier molecular flexibility index (Phi) is 10.3. The van der Waals surface area contributed by atoms with Crippen LogP contribution in [-0.4, -0.2) is 38.1 Å². The molecule has 14 heteroatoms. The first-order valence-corrected chi connectivity index (χ1v) is 20.5. The van der Waals surface area contributed by atoms with Crippen LogP contribution < -0.4 is 5.46 Å². The largest absolute Gasteiger partial charge is 0.495 e. The molecule has 0 unspecified atom stereocenters. The molecule has 0 amide bonds. The maximum atomic E-state index is 11.5. The summed E-state index contributed by atoms with van der Waals surface area (Å²) in [4.78, 5) is 30.1. The van der Waals surface area contributed by atoms with Gasteiger partial charge >= 0.3 is 7.12 Å². The molecule has 0 bridgehead atoms. The van der Waals surface area contributed by atoms with Gasteiger partial charge in [0.2, 0.25) is 0 Å². The molecule has 10 aromatic rings. The molecule has 0 radical (unpaired) electrons. The monoisotopic (exact) mass is 886 g/mol. The Morgan fingerprint density at radius 3 is 1.56 bits per heavy atom. The van der Waals surface area contributed by atoms with Crippen LogP contribution in [0.4, 0.5) is 11.4 Å². The fraction of sp³-hybridized carbons (Fsp3) is 0.125. The maximum Gasteiger partial charge on any atom is 0.495 e. The third-order valence-electron chi connectivity index (χ3n) is 11.5. The van der Waals surface area contributed by atoms with Gasteiger partial charge in [-0.3, -0.25) is 30.2 Å². The first kappa shape index (κ1) is 40.4. The van der Waals surface area contributed by atoms with E-state index in [2.05, 4.69) is 71.8 Å². The van der Waals surface area contributed by atoms with Gasteiger partial charge in [-0.25, -0.2) is 0 Å². The second-order valence-corrected chi connectivity index (χ2v) is 16.6. The molecule has 4 aromatic heterocycles. The van der Waals surface area contributed by atoms with Crippen LogP contribution in [0.1, 0.15) is 27.7 Å². The Hall–Kier alpha value is -7.00. The number of furan rings is 2. The van der Waals surface area contributed by atoms with Gasteiger partial charge in [0.15, 0.2) is 11.2 Å². The summed E-state index contributed by atoms with van der Waals surface area (Å²) in [6.07, 6.45) is 3.50. The Labute approximate surface area is 362 Å². The van der Waals surface area contributed by atoms with Gasteiger partial charge < -0.3 is 18.1 Å². The highest BCUT2D eigenvalue weighted by molar-refractivity contribution is 9.10. The van der Waals surface area contributed by atoms with Crippen molar-refractivity contribution in [3.8, 4) is 11.1 Å². The second-order valence-electron chi connectivity index (χ2n) is 15.7. The quantitative estimate of drug-likeness (QED) is 0.0946. The number of nitro benzene ring substituents is 2. The van der Waals surface area contributed by atoms with Gasteiger partial charge in [-0.05, 0) is 103 Å². The average Bonchev–Trinajstić information content (AvgIpc) is 3.91. The van der Waals surface area contributed by atoms with Crippen LogP contribution in [0.2, 0.25) is 0 Å². The number of pyridine rings is 2. The lowest BCUT2D eigenvalue weighted by Gasteiger charge is -2.32. The van der Waals surface area contributed by atoms with Crippen molar-refractivity contribution < 1.29 is 28.0 Å². The third-order valence-corrected chi connectivity index (χ3v) is 12.1. The van der Waals surface area contributed by atoms with Crippen molar-refractivity contribution in [2.24, 2.45) is 0 Å². The molecular weight excluding hydrogens is 851 g/mol. The van der Waals surface area contributed by atoms with Crippen LogP contribution in [0.3, 0.4) is 0 Å². The Morgan fingerprint density at radius 2 is 1.00 bits per heavy atom. The molecule has 62 heavy (non-hydrogen) atoms. The molecule has 1 aliphatic heterocycles. The summed E-state index contributed by atoms with van der Waals surface area (Å²) < 4.78 is 25.3. The predicted molar refractivity (Wildman–Crippen MR) is 247 cm³/mol. The number of halogens is 1. The van der Waals surface area contributed by atoms with Gasteiger partial charge in [0.05, 0.1) is 31.1 Å². The van der Waals surface area contributed by atoms with Gasteiger partial charge in [-0.1, -0.05) is 72.8 Å². The van der Waals surface area contributed by atoms with E-state index in [1.54, 1.807) is 42.7 Å². The number of fused-ring (bicyclic) bond motifs is 10. The predicted octanol–water partition coefficient (Wildman–Crippen LogP) is 12.5. The summed E-state index contributed by atoms with van der Waals surface area (Å²) in [6, 6.07) is 40.9. The summed E-state index contributed by atoms with van der Waals surface area (Å²) in [6.45, 7) is 8.27. The number of rotatable bonds is 4. The number of aromatic nitrogens is 2. The Balaban J connectivity index is 0.000000130. The summed E-state index contributed by atoms with van der Waals surface area (Å²) in [5.41, 5.74) is 6.42. The topological polar surface area (TPSA) is 157 Å². The highest BCUT2D eigenvalue weighted by atomic mass is 79.9. The van der Waals surface area contributed by atoms with Gasteiger partial charge in [0.25, 0.3) is 11.4 Å². The zero-order valence-electron chi connectivity index (χ0n) is 33.9. The van der Waals surface area contributed by atoms with Crippen LogP contribution in [-0.2, 0) is 9.31 Å². The number of nitro groups is 2. The fourth-order valence-electron chi connectivity index (χ4n) is 7.70. The van der Waals surface area contributed by atoms with Crippen molar-refractivity contribution in [2.75, 3.05) is 0 Å². The molecule has 5 heterocycles. The van der Waals surface area contributed by atoms with Crippen LogP contribution in [0.25, 0.3) is 76.8 Å². The van der Waals surface area contributed by atoms with Crippen LogP contribution in [0, 0.1) is 20.2 Å². The van der Waals surface area contributed by atoms with E-state index in [1.165, 1.54) is 12.1 Å². The van der Waals surface area contributed by atoms with E-state index in [0.29, 0.717) is 21.1 Å². The summed E-state index contributed by atoms with van der Waals surface area (Å²) in [7, 11) is -0.440. The molecule has 0 N–H and O–H groups in total. The molecule has 1 saturated heterocycles. The van der Waals surface area contributed by atoms with Crippen LogP contribution in [0.15, 0.2) is 159 Å². The minimum Gasteiger partial charge on any atom is -0.454 e. The normalized spacial score (nSPS) is 14.2.